The first-order valence-corrected chi connectivity index (χ1v) is 8.06. The van der Waals surface area contributed by atoms with Crippen LogP contribution in [0.1, 0.15) is 43.7 Å². The fourth-order valence-corrected chi connectivity index (χ4v) is 2.05. The van der Waals surface area contributed by atoms with Crippen LogP contribution in [0.2, 0.25) is 0 Å². The molecule has 2 rings (SSSR count). The van der Waals surface area contributed by atoms with Gasteiger partial charge < -0.3 is 19.8 Å². The summed E-state index contributed by atoms with van der Waals surface area (Å²) in [6, 6.07) is 10.1. The Hall–Kier alpha value is -2.76. The van der Waals surface area contributed by atoms with E-state index in [1.165, 1.54) is 0 Å². The van der Waals surface area contributed by atoms with Crippen molar-refractivity contribution in [2.75, 3.05) is 17.2 Å². The van der Waals surface area contributed by atoms with E-state index in [2.05, 4.69) is 10.6 Å². The van der Waals surface area contributed by atoms with Gasteiger partial charge in [-0.2, -0.15) is 0 Å². The first-order chi connectivity index (χ1) is 11.6. The van der Waals surface area contributed by atoms with Crippen molar-refractivity contribution in [3.8, 4) is 5.95 Å². The Morgan fingerprint density at radius 3 is 2.29 bits per heavy atom. The molecule has 0 fully saturated rings. The van der Waals surface area contributed by atoms with Gasteiger partial charge in [0, 0.05) is 23.9 Å². The third-order valence-corrected chi connectivity index (χ3v) is 3.28. The van der Waals surface area contributed by atoms with Gasteiger partial charge in [-0.15, -0.1) is 0 Å². The maximum Gasteiger partial charge on any atom is 0.291 e. The Bertz CT molecular complexity index is 677. The summed E-state index contributed by atoms with van der Waals surface area (Å²) in [5.74, 6) is 0.122. The predicted molar refractivity (Wildman–Crippen MR) is 92.4 cm³/mol. The number of anilines is 2. The van der Waals surface area contributed by atoms with Crippen LogP contribution >= 0.6 is 0 Å². The summed E-state index contributed by atoms with van der Waals surface area (Å²) in [5.41, 5.74) is 1.31. The van der Waals surface area contributed by atoms with Crippen molar-refractivity contribution < 1.29 is 18.7 Å². The van der Waals surface area contributed by atoms with Crippen LogP contribution in [0.15, 0.2) is 40.8 Å². The van der Waals surface area contributed by atoms with Crippen molar-refractivity contribution in [1.82, 2.24) is 0 Å². The molecule has 0 bridgehead atoms. The zero-order valence-corrected chi connectivity index (χ0v) is 13.9. The van der Waals surface area contributed by atoms with Gasteiger partial charge in [0.25, 0.3) is 11.9 Å². The highest BCUT2D eigenvalue weighted by molar-refractivity contribution is 6.02. The molecular weight excluding hydrogens is 308 g/mol. The minimum atomic E-state index is -0.360. The van der Waals surface area contributed by atoms with Crippen molar-refractivity contribution in [2.45, 2.75) is 33.1 Å². The Morgan fingerprint density at radius 1 is 1.00 bits per heavy atom. The molecular formula is C18H22N2O4. The highest BCUT2D eigenvalue weighted by Gasteiger charge is 2.12. The lowest BCUT2D eigenvalue weighted by Gasteiger charge is -2.07. The van der Waals surface area contributed by atoms with Crippen LogP contribution < -0.4 is 15.4 Å². The minimum absolute atomic E-state index is 0.00678. The molecule has 0 saturated carbocycles. The smallest absolute Gasteiger partial charge is 0.291 e. The standard InChI is InChI=1S/C18H22N2O4/c1-3-5-6-16(21)19-13-7-9-14(10-8-13)20-18(22)15-11-12-17(24-15)23-4-2/h7-12H,3-6H2,1-2H3,(H,19,21)(H,20,22). The summed E-state index contributed by atoms with van der Waals surface area (Å²) in [6.45, 7) is 4.35. The molecule has 1 aromatic carbocycles. The van der Waals surface area contributed by atoms with Gasteiger partial charge in [-0.1, -0.05) is 13.3 Å². The third kappa shape index (κ3) is 5.15. The zero-order chi connectivity index (χ0) is 17.4. The van der Waals surface area contributed by atoms with Crippen LogP contribution in [0.3, 0.4) is 0 Å². The molecule has 2 N–H and O–H groups in total. The number of carbonyl (C=O) groups excluding carboxylic acids is 2. The van der Waals surface area contributed by atoms with Gasteiger partial charge in [-0.25, -0.2) is 0 Å². The van der Waals surface area contributed by atoms with Crippen LogP contribution in [0, 0.1) is 0 Å². The van der Waals surface area contributed by atoms with Crippen molar-refractivity contribution in [3.05, 3.63) is 42.2 Å². The molecule has 0 aliphatic heterocycles. The SMILES string of the molecule is CCCCC(=O)Nc1ccc(NC(=O)c2ccc(OCC)o2)cc1. The molecule has 2 aromatic rings. The van der Waals surface area contributed by atoms with E-state index in [4.69, 9.17) is 9.15 Å². The average molecular weight is 330 g/mol. The number of hydrogen-bond acceptors (Lipinski definition) is 4. The zero-order valence-electron chi connectivity index (χ0n) is 13.9. The first-order valence-electron chi connectivity index (χ1n) is 8.06. The van der Waals surface area contributed by atoms with Crippen molar-refractivity contribution in [1.29, 1.82) is 0 Å². The molecule has 6 nitrogen and oxygen atoms in total. The number of nitrogens with one attached hydrogen (secondary N) is 2. The number of rotatable bonds is 8. The summed E-state index contributed by atoms with van der Waals surface area (Å²) >= 11 is 0. The number of carbonyl (C=O) groups is 2. The van der Waals surface area contributed by atoms with Crippen molar-refractivity contribution in [3.63, 3.8) is 0 Å². The number of amides is 2. The normalized spacial score (nSPS) is 10.2. The molecule has 24 heavy (non-hydrogen) atoms. The van der Waals surface area contributed by atoms with Gasteiger partial charge in [0.15, 0.2) is 5.76 Å². The molecule has 0 radical (unpaired) electrons. The average Bonchev–Trinajstić information content (AvgIpc) is 3.04. The molecule has 0 atom stereocenters. The molecule has 0 spiro atoms. The van der Waals surface area contributed by atoms with E-state index in [0.29, 0.717) is 30.3 Å². The Kier molecular flexibility index (Phi) is 6.42. The second-order valence-corrected chi connectivity index (χ2v) is 5.23. The fraction of sp³-hybridized carbons (Fsp3) is 0.333. The van der Waals surface area contributed by atoms with Crippen LogP contribution in [-0.4, -0.2) is 18.4 Å². The van der Waals surface area contributed by atoms with Crippen molar-refractivity contribution in [2.24, 2.45) is 0 Å². The van der Waals surface area contributed by atoms with Gasteiger partial charge in [0.2, 0.25) is 5.91 Å². The lowest BCUT2D eigenvalue weighted by Crippen LogP contribution is -2.12. The summed E-state index contributed by atoms with van der Waals surface area (Å²) in [5, 5.41) is 5.55. The summed E-state index contributed by atoms with van der Waals surface area (Å²) in [7, 11) is 0. The van der Waals surface area contributed by atoms with E-state index in [0.717, 1.165) is 12.8 Å². The number of hydrogen-bond donors (Lipinski definition) is 2. The summed E-state index contributed by atoms with van der Waals surface area (Å²) in [6.07, 6.45) is 2.36. The monoisotopic (exact) mass is 330 g/mol. The highest BCUT2D eigenvalue weighted by Crippen LogP contribution is 2.19. The molecule has 1 aromatic heterocycles. The topological polar surface area (TPSA) is 80.6 Å². The Labute approximate surface area is 141 Å². The lowest BCUT2D eigenvalue weighted by molar-refractivity contribution is -0.116. The Balaban J connectivity index is 1.90. The molecule has 0 saturated heterocycles. The van der Waals surface area contributed by atoms with E-state index in [-0.39, 0.29) is 17.6 Å². The molecule has 0 aliphatic carbocycles. The predicted octanol–water partition coefficient (Wildman–Crippen LogP) is 4.06. The van der Waals surface area contributed by atoms with E-state index in [1.807, 2.05) is 13.8 Å². The van der Waals surface area contributed by atoms with E-state index < -0.39 is 0 Å². The van der Waals surface area contributed by atoms with Crippen LogP contribution in [-0.2, 0) is 4.79 Å². The number of furan rings is 1. The maximum atomic E-state index is 12.1. The Morgan fingerprint density at radius 2 is 1.67 bits per heavy atom. The van der Waals surface area contributed by atoms with Gasteiger partial charge in [-0.05, 0) is 43.7 Å². The quantitative estimate of drug-likeness (QED) is 0.765. The second-order valence-electron chi connectivity index (χ2n) is 5.23. The minimum Gasteiger partial charge on any atom is -0.465 e. The molecule has 6 heteroatoms. The molecule has 128 valence electrons. The van der Waals surface area contributed by atoms with E-state index in [9.17, 15) is 9.59 Å². The van der Waals surface area contributed by atoms with Gasteiger partial charge in [0.05, 0.1) is 6.61 Å². The largest absolute Gasteiger partial charge is 0.465 e. The first kappa shape index (κ1) is 17.6. The molecule has 2 amide bonds. The van der Waals surface area contributed by atoms with Crippen LogP contribution in [0.5, 0.6) is 5.95 Å². The lowest BCUT2D eigenvalue weighted by atomic mass is 10.2. The fourth-order valence-electron chi connectivity index (χ4n) is 2.05. The summed E-state index contributed by atoms with van der Waals surface area (Å²) in [4.78, 5) is 23.8. The van der Waals surface area contributed by atoms with Crippen LogP contribution in [0.4, 0.5) is 11.4 Å². The van der Waals surface area contributed by atoms with E-state index >= 15 is 0 Å². The van der Waals surface area contributed by atoms with Gasteiger partial charge in [-0.3, -0.25) is 9.59 Å². The summed E-state index contributed by atoms with van der Waals surface area (Å²) < 4.78 is 10.5. The van der Waals surface area contributed by atoms with Crippen LogP contribution in [0.25, 0.3) is 0 Å². The maximum absolute atomic E-state index is 12.1. The van der Waals surface area contributed by atoms with Crippen molar-refractivity contribution >= 4 is 23.2 Å². The molecule has 0 unspecified atom stereocenters. The molecule has 0 aliphatic rings. The van der Waals surface area contributed by atoms with Gasteiger partial charge in [0.1, 0.15) is 0 Å². The molecule has 1 heterocycles. The highest BCUT2D eigenvalue weighted by atomic mass is 16.6. The second kappa shape index (κ2) is 8.76. The van der Waals surface area contributed by atoms with Gasteiger partial charge >= 0.3 is 0 Å². The number of benzene rings is 1. The third-order valence-electron chi connectivity index (χ3n) is 3.28. The number of ether oxygens (including phenoxy) is 1. The number of unbranched alkanes of at least 4 members (excludes halogenated alkanes) is 1. The van der Waals surface area contributed by atoms with E-state index in [1.54, 1.807) is 36.4 Å².